The molecule has 1 N–H and O–H groups in total. The van der Waals surface area contributed by atoms with Crippen molar-refractivity contribution in [2.24, 2.45) is 0 Å². The lowest BCUT2D eigenvalue weighted by Gasteiger charge is -2.22. The number of aromatic nitrogens is 3. The Morgan fingerprint density at radius 2 is 1.35 bits per heavy atom. The predicted molar refractivity (Wildman–Crippen MR) is 186 cm³/mol. The summed E-state index contributed by atoms with van der Waals surface area (Å²) in [5.41, 5.74) is 10.4. The van der Waals surface area contributed by atoms with Crippen molar-refractivity contribution in [2.75, 3.05) is 0 Å². The number of hydrogen-bond donors (Lipinski definition) is 1. The molecule has 7 aromatic rings. The highest BCUT2D eigenvalue weighted by Crippen LogP contribution is 2.42. The number of benzene rings is 5. The first kappa shape index (κ1) is 28.8. The van der Waals surface area contributed by atoms with Crippen molar-refractivity contribution in [3.63, 3.8) is 0 Å². The molecule has 5 heteroatoms. The van der Waals surface area contributed by atoms with Crippen molar-refractivity contribution < 1.29 is 5.11 Å². The number of para-hydroxylation sites is 3. The molecule has 0 saturated heterocycles. The molecule has 0 aliphatic carbocycles. The molecular formula is C41H32N4O. The van der Waals surface area contributed by atoms with E-state index in [4.69, 9.17) is 4.98 Å². The number of pyridine rings is 1. The molecule has 0 aliphatic heterocycles. The van der Waals surface area contributed by atoms with Crippen LogP contribution in [0.5, 0.6) is 5.75 Å². The number of hydrogen-bond acceptors (Lipinski definition) is 4. The van der Waals surface area contributed by atoms with Crippen LogP contribution >= 0.6 is 0 Å². The second-order valence-corrected chi connectivity index (χ2v) is 12.4. The fourth-order valence-corrected chi connectivity index (χ4v) is 6.04. The third-order valence-electron chi connectivity index (χ3n) is 8.32. The minimum Gasteiger partial charge on any atom is -0.507 e. The third-order valence-corrected chi connectivity index (χ3v) is 8.32. The average Bonchev–Trinajstić information content (AvgIpc) is 3.48. The normalized spacial score (nSPS) is 11.4. The Morgan fingerprint density at radius 3 is 2.04 bits per heavy atom. The Kier molecular flexibility index (Phi) is 7.19. The maximum atomic E-state index is 11.6. The van der Waals surface area contributed by atoms with Gasteiger partial charge in [-0.1, -0.05) is 93.6 Å². The smallest absolute Gasteiger partial charge is 0.149 e. The van der Waals surface area contributed by atoms with Crippen LogP contribution in [-0.4, -0.2) is 19.6 Å². The Hall–Kier alpha value is -5.99. The first-order valence-electron chi connectivity index (χ1n) is 15.3. The van der Waals surface area contributed by atoms with Gasteiger partial charge in [-0.3, -0.25) is 9.55 Å². The van der Waals surface area contributed by atoms with Crippen LogP contribution in [0, 0.1) is 11.3 Å². The van der Waals surface area contributed by atoms with Crippen LogP contribution < -0.4 is 0 Å². The van der Waals surface area contributed by atoms with Gasteiger partial charge >= 0.3 is 0 Å². The summed E-state index contributed by atoms with van der Waals surface area (Å²) in [5.74, 6) is 0.912. The Balaban J connectivity index is 1.51. The quantitative estimate of drug-likeness (QED) is 0.215. The van der Waals surface area contributed by atoms with Crippen LogP contribution in [0.25, 0.3) is 61.6 Å². The lowest BCUT2D eigenvalue weighted by atomic mass is 9.85. The zero-order chi connectivity index (χ0) is 31.8. The summed E-state index contributed by atoms with van der Waals surface area (Å²) < 4.78 is 2.13. The molecule has 2 aromatic heterocycles. The molecule has 0 aliphatic rings. The largest absolute Gasteiger partial charge is 0.507 e. The van der Waals surface area contributed by atoms with E-state index < -0.39 is 0 Å². The highest BCUT2D eigenvalue weighted by molar-refractivity contribution is 5.97. The molecule has 0 unspecified atom stereocenters. The first-order chi connectivity index (χ1) is 22.3. The minimum absolute atomic E-state index is 0.240. The van der Waals surface area contributed by atoms with Crippen molar-refractivity contribution in [3.05, 3.63) is 145 Å². The molecule has 0 spiro atoms. The highest BCUT2D eigenvalue weighted by Gasteiger charge is 2.25. The van der Waals surface area contributed by atoms with Crippen molar-refractivity contribution in [1.82, 2.24) is 14.5 Å². The van der Waals surface area contributed by atoms with E-state index in [0.717, 1.165) is 55.8 Å². The number of phenolic OH excluding ortho intramolecular Hbond substituents is 1. The van der Waals surface area contributed by atoms with Crippen molar-refractivity contribution in [2.45, 2.75) is 26.2 Å². The van der Waals surface area contributed by atoms with Gasteiger partial charge in [0.05, 0.1) is 27.9 Å². The van der Waals surface area contributed by atoms with Crippen molar-refractivity contribution in [1.29, 1.82) is 5.26 Å². The predicted octanol–water partition coefficient (Wildman–Crippen LogP) is 9.96. The second kappa shape index (κ2) is 11.5. The monoisotopic (exact) mass is 596 g/mol. The molecule has 222 valence electrons. The Morgan fingerprint density at radius 1 is 0.674 bits per heavy atom. The van der Waals surface area contributed by atoms with Gasteiger partial charge in [-0.25, -0.2) is 4.98 Å². The summed E-state index contributed by atoms with van der Waals surface area (Å²) in [6, 6.07) is 44.9. The fourth-order valence-electron chi connectivity index (χ4n) is 6.04. The van der Waals surface area contributed by atoms with E-state index in [1.165, 1.54) is 0 Å². The number of nitriles is 1. The molecule has 46 heavy (non-hydrogen) atoms. The lowest BCUT2D eigenvalue weighted by Crippen LogP contribution is -2.11. The summed E-state index contributed by atoms with van der Waals surface area (Å²) in [7, 11) is 0. The van der Waals surface area contributed by atoms with E-state index in [1.54, 1.807) is 12.3 Å². The molecule has 2 heterocycles. The van der Waals surface area contributed by atoms with E-state index in [2.05, 4.69) is 97.1 Å². The van der Waals surface area contributed by atoms with Gasteiger partial charge in [-0.2, -0.15) is 5.26 Å². The molecule has 0 atom stereocenters. The van der Waals surface area contributed by atoms with E-state index in [-0.39, 0.29) is 11.2 Å². The molecule has 0 saturated carbocycles. The van der Waals surface area contributed by atoms with Gasteiger partial charge in [-0.15, -0.1) is 0 Å². The van der Waals surface area contributed by atoms with Crippen LogP contribution in [0.15, 0.2) is 134 Å². The zero-order valence-corrected chi connectivity index (χ0v) is 25.9. The molecular weight excluding hydrogens is 564 g/mol. The number of phenols is 1. The zero-order valence-electron chi connectivity index (χ0n) is 25.9. The number of fused-ring (bicyclic) bond motifs is 1. The van der Waals surface area contributed by atoms with E-state index in [0.29, 0.717) is 17.0 Å². The van der Waals surface area contributed by atoms with Gasteiger partial charge in [0.15, 0.2) is 0 Å². The van der Waals surface area contributed by atoms with Gasteiger partial charge in [0.1, 0.15) is 17.6 Å². The Bertz CT molecular complexity index is 2240. The van der Waals surface area contributed by atoms with Crippen LogP contribution in [0.4, 0.5) is 0 Å². The van der Waals surface area contributed by atoms with Gasteiger partial charge < -0.3 is 5.11 Å². The van der Waals surface area contributed by atoms with E-state index >= 15 is 0 Å². The summed E-state index contributed by atoms with van der Waals surface area (Å²) in [5, 5.41) is 21.0. The van der Waals surface area contributed by atoms with E-state index in [9.17, 15) is 10.4 Å². The molecule has 0 amide bonds. The van der Waals surface area contributed by atoms with Crippen molar-refractivity contribution in [3.8, 4) is 62.4 Å². The third kappa shape index (κ3) is 5.21. The van der Waals surface area contributed by atoms with Gasteiger partial charge in [-0.05, 0) is 82.3 Å². The van der Waals surface area contributed by atoms with Crippen LogP contribution in [-0.2, 0) is 5.41 Å². The van der Waals surface area contributed by atoms with Crippen LogP contribution in [0.3, 0.4) is 0 Å². The molecule has 7 rings (SSSR count). The van der Waals surface area contributed by atoms with Crippen LogP contribution in [0.1, 0.15) is 31.9 Å². The maximum absolute atomic E-state index is 11.6. The SMILES string of the molecule is CC(C)(C)c1cccc(-c2nc3c(-c4cc(-c5ccccc5)cc(-c5ccc(C#N)cn5)c4)cccc3n2-c2ccccc2)c1O. The fraction of sp³-hybridized carbons (Fsp3) is 0.0976. The molecule has 0 bridgehead atoms. The van der Waals surface area contributed by atoms with Gasteiger partial charge in [0.2, 0.25) is 0 Å². The second-order valence-electron chi connectivity index (χ2n) is 12.4. The van der Waals surface area contributed by atoms with Crippen molar-refractivity contribution >= 4 is 11.0 Å². The average molecular weight is 597 g/mol. The topological polar surface area (TPSA) is 74.7 Å². The summed E-state index contributed by atoms with van der Waals surface area (Å²) >= 11 is 0. The van der Waals surface area contributed by atoms with Crippen LogP contribution in [0.2, 0.25) is 0 Å². The van der Waals surface area contributed by atoms with Gasteiger partial charge in [0.25, 0.3) is 0 Å². The maximum Gasteiger partial charge on any atom is 0.149 e. The van der Waals surface area contributed by atoms with E-state index in [1.807, 2.05) is 60.7 Å². The molecule has 0 fully saturated rings. The highest BCUT2D eigenvalue weighted by atomic mass is 16.3. The summed E-state index contributed by atoms with van der Waals surface area (Å²) in [6.07, 6.45) is 1.61. The first-order valence-corrected chi connectivity index (χ1v) is 15.3. The number of imidazole rings is 1. The molecule has 5 nitrogen and oxygen atoms in total. The summed E-state index contributed by atoms with van der Waals surface area (Å²) in [6.45, 7) is 6.30. The van der Waals surface area contributed by atoms with Gasteiger partial charge in [0, 0.05) is 23.0 Å². The summed E-state index contributed by atoms with van der Waals surface area (Å²) in [4.78, 5) is 9.92. The number of rotatable bonds is 5. The molecule has 0 radical (unpaired) electrons. The minimum atomic E-state index is -0.247. The lowest BCUT2D eigenvalue weighted by molar-refractivity contribution is 0.448. The standard InChI is InChI=1S/C41H32N4O/c1-41(2,3)35-18-10-17-34(39(35)46)40-44-38-33(16-11-19-37(38)45(40)32-14-8-5-9-15-32)30-22-29(28-12-6-4-7-13-28)23-31(24-30)36-21-20-27(25-42)26-43-36/h4-24,26,46H,1-3H3. The number of nitrogens with zero attached hydrogens (tertiary/aromatic N) is 4. The Labute approximate surface area is 268 Å². The number of aromatic hydroxyl groups is 1. The molecule has 5 aromatic carbocycles.